The molecule has 0 radical (unpaired) electrons. The smallest absolute Gasteiger partial charge is 0.340 e. The molecule has 0 aliphatic rings. The molecule has 0 aliphatic carbocycles. The fourth-order valence-electron chi connectivity index (χ4n) is 1.67. The standard InChI is InChI=1S/C14H11BrN4O2/c1-21-14(20)9-4-5-18-13(12(9)17)19-11-3-2-8(7-16)6-10(11)15/h2-6H,17H2,1H3,(H,18,19). The van der Waals surface area contributed by atoms with Crippen molar-refractivity contribution in [3.63, 3.8) is 0 Å². The van der Waals surface area contributed by atoms with Gasteiger partial charge < -0.3 is 15.8 Å². The van der Waals surface area contributed by atoms with Crippen LogP contribution in [0.1, 0.15) is 15.9 Å². The molecule has 1 heterocycles. The van der Waals surface area contributed by atoms with Crippen molar-refractivity contribution in [2.24, 2.45) is 0 Å². The summed E-state index contributed by atoms with van der Waals surface area (Å²) in [5, 5.41) is 11.8. The number of methoxy groups -OCH3 is 1. The van der Waals surface area contributed by atoms with E-state index in [1.54, 1.807) is 18.2 Å². The largest absolute Gasteiger partial charge is 0.465 e. The summed E-state index contributed by atoms with van der Waals surface area (Å²) >= 11 is 3.36. The minimum atomic E-state index is -0.531. The summed E-state index contributed by atoms with van der Waals surface area (Å²) in [5.41, 5.74) is 7.55. The van der Waals surface area contributed by atoms with Gasteiger partial charge in [-0.05, 0) is 40.2 Å². The molecular weight excluding hydrogens is 336 g/mol. The quantitative estimate of drug-likeness (QED) is 0.828. The van der Waals surface area contributed by atoms with Crippen LogP contribution >= 0.6 is 15.9 Å². The Kier molecular flexibility index (Phi) is 4.40. The molecule has 2 rings (SSSR count). The highest BCUT2D eigenvalue weighted by Crippen LogP contribution is 2.29. The fraction of sp³-hybridized carbons (Fsp3) is 0.0714. The van der Waals surface area contributed by atoms with Gasteiger partial charge in [-0.3, -0.25) is 0 Å². The zero-order valence-electron chi connectivity index (χ0n) is 11.1. The first-order valence-corrected chi connectivity index (χ1v) is 6.65. The van der Waals surface area contributed by atoms with E-state index in [-0.39, 0.29) is 11.3 Å². The van der Waals surface area contributed by atoms with Gasteiger partial charge in [0.15, 0.2) is 5.82 Å². The second-order valence-electron chi connectivity index (χ2n) is 4.04. The summed E-state index contributed by atoms with van der Waals surface area (Å²) in [7, 11) is 1.28. The second kappa shape index (κ2) is 6.24. The zero-order chi connectivity index (χ0) is 15.4. The molecule has 7 heteroatoms. The molecule has 0 bridgehead atoms. The SMILES string of the molecule is COC(=O)c1ccnc(Nc2ccc(C#N)cc2Br)c1N. The molecule has 0 unspecified atom stereocenters. The van der Waals surface area contributed by atoms with Crippen LogP contribution in [0.3, 0.4) is 0 Å². The van der Waals surface area contributed by atoms with E-state index in [1.165, 1.54) is 19.4 Å². The molecule has 1 aromatic carbocycles. The van der Waals surface area contributed by atoms with Crippen LogP contribution in [0.15, 0.2) is 34.9 Å². The van der Waals surface area contributed by atoms with Gasteiger partial charge in [-0.2, -0.15) is 5.26 Å². The Morgan fingerprint density at radius 2 is 2.24 bits per heavy atom. The van der Waals surface area contributed by atoms with Gasteiger partial charge in [0, 0.05) is 10.7 Å². The summed E-state index contributed by atoms with van der Waals surface area (Å²) < 4.78 is 5.34. The molecular formula is C14H11BrN4O2. The van der Waals surface area contributed by atoms with Crippen LogP contribution in [0, 0.1) is 11.3 Å². The number of nitrogen functional groups attached to an aromatic ring is 1. The van der Waals surface area contributed by atoms with E-state index in [2.05, 4.69) is 31.0 Å². The summed E-state index contributed by atoms with van der Waals surface area (Å²) in [6.07, 6.45) is 1.46. The van der Waals surface area contributed by atoms with Crippen molar-refractivity contribution in [3.05, 3.63) is 46.1 Å². The van der Waals surface area contributed by atoms with Gasteiger partial charge >= 0.3 is 5.97 Å². The minimum absolute atomic E-state index is 0.195. The van der Waals surface area contributed by atoms with E-state index in [9.17, 15) is 4.79 Å². The van der Waals surface area contributed by atoms with Crippen LogP contribution in [0.5, 0.6) is 0 Å². The maximum Gasteiger partial charge on any atom is 0.340 e. The molecule has 1 aromatic heterocycles. The Bertz CT molecular complexity index is 740. The number of rotatable bonds is 3. The van der Waals surface area contributed by atoms with Crippen molar-refractivity contribution in [2.75, 3.05) is 18.2 Å². The van der Waals surface area contributed by atoms with Gasteiger partial charge in [0.05, 0.1) is 35.7 Å². The van der Waals surface area contributed by atoms with Crippen molar-refractivity contribution >= 4 is 39.1 Å². The third-order valence-electron chi connectivity index (χ3n) is 2.75. The van der Waals surface area contributed by atoms with E-state index in [1.807, 2.05) is 6.07 Å². The van der Waals surface area contributed by atoms with Crippen LogP contribution in [-0.2, 0) is 4.74 Å². The first-order chi connectivity index (χ1) is 10.1. The second-order valence-corrected chi connectivity index (χ2v) is 4.90. The van der Waals surface area contributed by atoms with Crippen molar-refractivity contribution in [1.29, 1.82) is 5.26 Å². The van der Waals surface area contributed by atoms with Gasteiger partial charge in [-0.1, -0.05) is 0 Å². The third-order valence-corrected chi connectivity index (χ3v) is 3.40. The number of nitriles is 1. The maximum absolute atomic E-state index is 11.6. The number of nitrogens with two attached hydrogens (primary N) is 1. The van der Waals surface area contributed by atoms with Crippen LogP contribution in [0.25, 0.3) is 0 Å². The van der Waals surface area contributed by atoms with Crippen LogP contribution in [0.2, 0.25) is 0 Å². The monoisotopic (exact) mass is 346 g/mol. The van der Waals surface area contributed by atoms with Gasteiger partial charge in [0.1, 0.15) is 0 Å². The average Bonchev–Trinajstić information content (AvgIpc) is 2.50. The molecule has 6 nitrogen and oxygen atoms in total. The van der Waals surface area contributed by atoms with E-state index in [0.717, 1.165) is 0 Å². The Hall–Kier alpha value is -2.59. The molecule has 0 atom stereocenters. The number of nitrogens with zero attached hydrogens (tertiary/aromatic N) is 2. The number of aromatic nitrogens is 1. The summed E-state index contributed by atoms with van der Waals surface area (Å²) in [4.78, 5) is 15.7. The number of halogens is 1. The molecule has 0 saturated heterocycles. The first kappa shape index (κ1) is 14.8. The van der Waals surface area contributed by atoms with Gasteiger partial charge in [-0.25, -0.2) is 9.78 Å². The Labute approximate surface area is 129 Å². The van der Waals surface area contributed by atoms with Gasteiger partial charge in [0.2, 0.25) is 0 Å². The van der Waals surface area contributed by atoms with Crippen LogP contribution in [-0.4, -0.2) is 18.1 Å². The maximum atomic E-state index is 11.6. The van der Waals surface area contributed by atoms with E-state index < -0.39 is 5.97 Å². The van der Waals surface area contributed by atoms with Crippen LogP contribution < -0.4 is 11.1 Å². The highest BCUT2D eigenvalue weighted by atomic mass is 79.9. The highest BCUT2D eigenvalue weighted by molar-refractivity contribution is 9.10. The molecule has 2 aromatic rings. The summed E-state index contributed by atoms with van der Waals surface area (Å²) in [5.74, 6) is -0.194. The molecule has 0 fully saturated rings. The predicted molar refractivity (Wildman–Crippen MR) is 82.1 cm³/mol. The van der Waals surface area contributed by atoms with Crippen molar-refractivity contribution in [3.8, 4) is 6.07 Å². The summed E-state index contributed by atoms with van der Waals surface area (Å²) in [6, 6.07) is 8.58. The number of nitrogens with one attached hydrogen (secondary N) is 1. The number of benzene rings is 1. The van der Waals surface area contributed by atoms with E-state index >= 15 is 0 Å². The molecule has 0 aliphatic heterocycles. The molecule has 0 spiro atoms. The number of ether oxygens (including phenoxy) is 1. The lowest BCUT2D eigenvalue weighted by molar-refractivity contribution is 0.0602. The zero-order valence-corrected chi connectivity index (χ0v) is 12.6. The van der Waals surface area contributed by atoms with Gasteiger partial charge in [-0.15, -0.1) is 0 Å². The molecule has 0 amide bonds. The van der Waals surface area contributed by atoms with Crippen molar-refractivity contribution in [2.45, 2.75) is 0 Å². The normalized spacial score (nSPS) is 9.76. The Morgan fingerprint density at radius 1 is 1.48 bits per heavy atom. The van der Waals surface area contributed by atoms with E-state index in [0.29, 0.717) is 21.5 Å². The lowest BCUT2D eigenvalue weighted by atomic mass is 10.2. The van der Waals surface area contributed by atoms with Gasteiger partial charge in [0.25, 0.3) is 0 Å². The first-order valence-electron chi connectivity index (χ1n) is 5.86. The van der Waals surface area contributed by atoms with Crippen molar-refractivity contribution < 1.29 is 9.53 Å². The fourth-order valence-corrected chi connectivity index (χ4v) is 2.15. The predicted octanol–water partition coefficient (Wildman–Crippen LogP) is 2.83. The number of hydrogen-bond donors (Lipinski definition) is 2. The number of carbonyl (C=O) groups is 1. The summed E-state index contributed by atoms with van der Waals surface area (Å²) in [6.45, 7) is 0. The molecule has 0 saturated carbocycles. The van der Waals surface area contributed by atoms with Crippen LogP contribution in [0.4, 0.5) is 17.2 Å². The number of anilines is 3. The molecule has 106 valence electrons. The molecule has 21 heavy (non-hydrogen) atoms. The lowest BCUT2D eigenvalue weighted by Crippen LogP contribution is -2.09. The Balaban J connectivity index is 2.37. The number of carbonyl (C=O) groups excluding carboxylic acids is 1. The van der Waals surface area contributed by atoms with Crippen molar-refractivity contribution in [1.82, 2.24) is 4.98 Å². The minimum Gasteiger partial charge on any atom is -0.465 e. The topological polar surface area (TPSA) is 101 Å². The Morgan fingerprint density at radius 3 is 2.86 bits per heavy atom. The van der Waals surface area contributed by atoms with E-state index in [4.69, 9.17) is 11.0 Å². The number of hydrogen-bond acceptors (Lipinski definition) is 6. The third kappa shape index (κ3) is 3.12. The number of esters is 1. The lowest BCUT2D eigenvalue weighted by Gasteiger charge is -2.12. The highest BCUT2D eigenvalue weighted by Gasteiger charge is 2.14. The molecule has 3 N–H and O–H groups in total. The average molecular weight is 347 g/mol. The number of pyridine rings is 1.